The molecule has 0 saturated heterocycles. The Morgan fingerprint density at radius 2 is 1.93 bits per heavy atom. The average molecular weight is 195 g/mol. The molecule has 4 heteroatoms. The predicted octanol–water partition coefficient (Wildman–Crippen LogP) is 0.729. The fourth-order valence-corrected chi connectivity index (χ4v) is 1.16. The van der Waals surface area contributed by atoms with Crippen LogP contribution in [-0.2, 0) is 6.54 Å². The molecule has 78 valence electrons. The Morgan fingerprint density at radius 1 is 1.14 bits per heavy atom. The van der Waals surface area contributed by atoms with Gasteiger partial charge in [-0.25, -0.2) is 9.97 Å². The van der Waals surface area contributed by atoms with Gasteiger partial charge < -0.3 is 10.4 Å². The number of rotatable bonds is 7. The second-order valence-corrected chi connectivity index (χ2v) is 3.13. The zero-order valence-corrected chi connectivity index (χ0v) is 8.32. The largest absolute Gasteiger partial charge is 0.396 e. The maximum atomic E-state index is 8.56. The fourth-order valence-electron chi connectivity index (χ4n) is 1.16. The van der Waals surface area contributed by atoms with E-state index >= 15 is 0 Å². The lowest BCUT2D eigenvalue weighted by molar-refractivity contribution is 0.283. The van der Waals surface area contributed by atoms with Crippen molar-refractivity contribution in [3.05, 3.63) is 24.3 Å². The Hall–Kier alpha value is -1.00. The molecule has 1 heterocycles. The molecule has 0 atom stereocenters. The van der Waals surface area contributed by atoms with Crippen LogP contribution in [-0.4, -0.2) is 28.2 Å². The van der Waals surface area contributed by atoms with E-state index in [2.05, 4.69) is 15.3 Å². The molecule has 1 rings (SSSR count). The molecule has 4 nitrogen and oxygen atoms in total. The molecule has 0 aliphatic carbocycles. The SMILES string of the molecule is OCCCCCNCc1ncccn1. The normalized spacial score (nSPS) is 10.4. The molecule has 0 unspecified atom stereocenters. The van der Waals surface area contributed by atoms with E-state index in [4.69, 9.17) is 5.11 Å². The topological polar surface area (TPSA) is 58.0 Å². The third-order valence-corrected chi connectivity index (χ3v) is 1.91. The van der Waals surface area contributed by atoms with E-state index in [1.54, 1.807) is 12.4 Å². The Balaban J connectivity index is 1.99. The molecule has 0 saturated carbocycles. The van der Waals surface area contributed by atoms with Crippen molar-refractivity contribution in [1.82, 2.24) is 15.3 Å². The number of nitrogens with one attached hydrogen (secondary N) is 1. The van der Waals surface area contributed by atoms with Crippen molar-refractivity contribution in [2.24, 2.45) is 0 Å². The average Bonchev–Trinajstić information content (AvgIpc) is 2.25. The van der Waals surface area contributed by atoms with Crippen LogP contribution in [0.5, 0.6) is 0 Å². The van der Waals surface area contributed by atoms with Crippen LogP contribution in [0.2, 0.25) is 0 Å². The molecular formula is C10H17N3O. The van der Waals surface area contributed by atoms with Gasteiger partial charge in [0.25, 0.3) is 0 Å². The first-order valence-electron chi connectivity index (χ1n) is 5.01. The molecule has 0 amide bonds. The first-order valence-corrected chi connectivity index (χ1v) is 5.01. The number of aliphatic hydroxyl groups excluding tert-OH is 1. The maximum Gasteiger partial charge on any atom is 0.141 e. The number of aromatic nitrogens is 2. The molecule has 0 fully saturated rings. The maximum absolute atomic E-state index is 8.56. The summed E-state index contributed by atoms with van der Waals surface area (Å²) in [5.74, 6) is 0.828. The van der Waals surface area contributed by atoms with Gasteiger partial charge in [-0.1, -0.05) is 0 Å². The van der Waals surface area contributed by atoms with E-state index in [9.17, 15) is 0 Å². The van der Waals surface area contributed by atoms with Crippen LogP contribution in [0.1, 0.15) is 25.1 Å². The molecule has 14 heavy (non-hydrogen) atoms. The van der Waals surface area contributed by atoms with Crippen molar-refractivity contribution in [2.45, 2.75) is 25.8 Å². The van der Waals surface area contributed by atoms with Gasteiger partial charge in [0.2, 0.25) is 0 Å². The Kier molecular flexibility index (Phi) is 5.86. The predicted molar refractivity (Wildman–Crippen MR) is 54.7 cm³/mol. The summed E-state index contributed by atoms with van der Waals surface area (Å²) in [5.41, 5.74) is 0. The van der Waals surface area contributed by atoms with E-state index in [1.807, 2.05) is 6.07 Å². The fraction of sp³-hybridized carbons (Fsp3) is 0.600. The Bertz CT molecular complexity index is 228. The van der Waals surface area contributed by atoms with Crippen LogP contribution < -0.4 is 5.32 Å². The zero-order chi connectivity index (χ0) is 10.1. The van der Waals surface area contributed by atoms with Crippen LogP contribution in [0.4, 0.5) is 0 Å². The standard InChI is InChI=1S/C10H17N3O/c14-8-3-1-2-5-11-9-10-12-6-4-7-13-10/h4,6-7,11,14H,1-3,5,8-9H2. The van der Waals surface area contributed by atoms with Gasteiger partial charge in [-0.05, 0) is 31.9 Å². The van der Waals surface area contributed by atoms with E-state index in [-0.39, 0.29) is 0 Å². The third kappa shape index (κ3) is 4.89. The molecular weight excluding hydrogens is 178 g/mol. The van der Waals surface area contributed by atoms with Gasteiger partial charge in [0.05, 0.1) is 6.54 Å². The minimum Gasteiger partial charge on any atom is -0.396 e. The quantitative estimate of drug-likeness (QED) is 0.630. The highest BCUT2D eigenvalue weighted by Gasteiger charge is 1.93. The lowest BCUT2D eigenvalue weighted by atomic mass is 10.2. The van der Waals surface area contributed by atoms with Crippen LogP contribution in [0, 0.1) is 0 Å². The van der Waals surface area contributed by atoms with Crippen molar-refractivity contribution < 1.29 is 5.11 Å². The minimum absolute atomic E-state index is 0.293. The van der Waals surface area contributed by atoms with Gasteiger partial charge in [0.1, 0.15) is 5.82 Å². The lowest BCUT2D eigenvalue weighted by Gasteiger charge is -2.02. The first-order chi connectivity index (χ1) is 6.93. The van der Waals surface area contributed by atoms with Gasteiger partial charge in [-0.3, -0.25) is 0 Å². The molecule has 1 aromatic heterocycles. The van der Waals surface area contributed by atoms with E-state index in [0.717, 1.165) is 38.2 Å². The smallest absolute Gasteiger partial charge is 0.141 e. The molecule has 0 radical (unpaired) electrons. The molecule has 0 bridgehead atoms. The third-order valence-electron chi connectivity index (χ3n) is 1.91. The summed E-state index contributed by atoms with van der Waals surface area (Å²) in [6, 6.07) is 1.81. The summed E-state index contributed by atoms with van der Waals surface area (Å²) < 4.78 is 0. The van der Waals surface area contributed by atoms with Gasteiger partial charge in [-0.2, -0.15) is 0 Å². The monoisotopic (exact) mass is 195 g/mol. The second kappa shape index (κ2) is 7.41. The van der Waals surface area contributed by atoms with E-state index in [0.29, 0.717) is 6.61 Å². The number of hydrogen-bond donors (Lipinski definition) is 2. The van der Waals surface area contributed by atoms with Crippen LogP contribution >= 0.6 is 0 Å². The molecule has 2 N–H and O–H groups in total. The molecule has 0 aromatic carbocycles. The van der Waals surface area contributed by atoms with Gasteiger partial charge in [0.15, 0.2) is 0 Å². The highest BCUT2D eigenvalue weighted by Crippen LogP contribution is 1.92. The summed E-state index contributed by atoms with van der Waals surface area (Å²) in [5, 5.41) is 11.8. The highest BCUT2D eigenvalue weighted by molar-refractivity contribution is 4.87. The highest BCUT2D eigenvalue weighted by atomic mass is 16.2. The summed E-state index contributed by atoms with van der Waals surface area (Å²) >= 11 is 0. The van der Waals surface area contributed by atoms with Crippen molar-refractivity contribution in [1.29, 1.82) is 0 Å². The minimum atomic E-state index is 0.293. The van der Waals surface area contributed by atoms with Crippen molar-refractivity contribution in [2.75, 3.05) is 13.2 Å². The summed E-state index contributed by atoms with van der Waals surface area (Å²) in [7, 11) is 0. The number of hydrogen-bond acceptors (Lipinski definition) is 4. The zero-order valence-electron chi connectivity index (χ0n) is 8.32. The molecule has 0 aliphatic heterocycles. The summed E-state index contributed by atoms with van der Waals surface area (Å²) in [4.78, 5) is 8.20. The molecule has 0 spiro atoms. The van der Waals surface area contributed by atoms with Gasteiger partial charge in [0, 0.05) is 19.0 Å². The number of nitrogens with zero attached hydrogens (tertiary/aromatic N) is 2. The van der Waals surface area contributed by atoms with E-state index in [1.165, 1.54) is 0 Å². The van der Waals surface area contributed by atoms with Gasteiger partial charge >= 0.3 is 0 Å². The van der Waals surface area contributed by atoms with E-state index < -0.39 is 0 Å². The second-order valence-electron chi connectivity index (χ2n) is 3.13. The Labute approximate surface area is 84.4 Å². The Morgan fingerprint density at radius 3 is 2.64 bits per heavy atom. The lowest BCUT2D eigenvalue weighted by Crippen LogP contribution is -2.16. The first kappa shape index (κ1) is 11.1. The van der Waals surface area contributed by atoms with Crippen molar-refractivity contribution in [3.63, 3.8) is 0 Å². The van der Waals surface area contributed by atoms with Gasteiger partial charge in [-0.15, -0.1) is 0 Å². The van der Waals surface area contributed by atoms with Crippen molar-refractivity contribution >= 4 is 0 Å². The molecule has 0 aliphatic rings. The van der Waals surface area contributed by atoms with Crippen LogP contribution in [0.3, 0.4) is 0 Å². The molecule has 1 aromatic rings. The van der Waals surface area contributed by atoms with Crippen molar-refractivity contribution in [3.8, 4) is 0 Å². The summed E-state index contributed by atoms with van der Waals surface area (Å²) in [6.45, 7) is 1.97. The number of aliphatic hydroxyl groups is 1. The summed E-state index contributed by atoms with van der Waals surface area (Å²) in [6.07, 6.45) is 6.54. The van der Waals surface area contributed by atoms with Crippen LogP contribution in [0.25, 0.3) is 0 Å². The number of unbranched alkanes of at least 4 members (excludes halogenated alkanes) is 2. The van der Waals surface area contributed by atoms with Crippen LogP contribution in [0.15, 0.2) is 18.5 Å².